The van der Waals surface area contributed by atoms with Crippen LogP contribution >= 0.6 is 10.2 Å². The van der Waals surface area contributed by atoms with Crippen LogP contribution in [0.15, 0.2) is 0 Å². The van der Waals surface area contributed by atoms with Crippen molar-refractivity contribution in [3.05, 3.63) is 0 Å². The van der Waals surface area contributed by atoms with Gasteiger partial charge in [-0.3, -0.25) is 5.14 Å². The van der Waals surface area contributed by atoms with Crippen molar-refractivity contribution in [1.82, 2.24) is 0 Å². The van der Waals surface area contributed by atoms with Crippen molar-refractivity contribution in [2.45, 2.75) is 52.4 Å². The summed E-state index contributed by atoms with van der Waals surface area (Å²) < 4.78 is 0. The van der Waals surface area contributed by atoms with E-state index in [-0.39, 0.29) is 0 Å². The molecule has 14 heavy (non-hydrogen) atoms. The highest BCUT2D eigenvalue weighted by molar-refractivity contribution is 8.30. The topological polar surface area (TPSA) is 26.0 Å². The van der Waals surface area contributed by atoms with Crippen LogP contribution in [0, 0.1) is 5.92 Å². The number of unbranched alkanes of at least 4 members (excludes halogenated alkanes) is 3. The van der Waals surface area contributed by atoms with Crippen molar-refractivity contribution in [3.63, 3.8) is 0 Å². The molecule has 1 unspecified atom stereocenters. The number of nitrogens with two attached hydrogens (primary N) is 1. The standard InChI is InChI=1S/C12H29NS/c1-5-7-8-9-10-12(6-2)11-14(3,4)13/h12H,5-11,13H2,1-4H3. The Morgan fingerprint density at radius 3 is 2.14 bits per heavy atom. The van der Waals surface area contributed by atoms with Gasteiger partial charge < -0.3 is 0 Å². The molecule has 0 aliphatic rings. The summed E-state index contributed by atoms with van der Waals surface area (Å²) in [4.78, 5) is 0. The third-order valence-corrected chi connectivity index (χ3v) is 4.04. The monoisotopic (exact) mass is 219 g/mol. The zero-order valence-electron chi connectivity index (χ0n) is 10.5. The highest BCUT2D eigenvalue weighted by Gasteiger charge is 2.13. The average Bonchev–Trinajstić information content (AvgIpc) is 2.08. The Morgan fingerprint density at radius 1 is 1.07 bits per heavy atom. The number of hydrogen-bond donors (Lipinski definition) is 1. The molecule has 0 saturated carbocycles. The Balaban J connectivity index is 3.58. The van der Waals surface area contributed by atoms with Crippen molar-refractivity contribution in [1.29, 1.82) is 0 Å². The maximum atomic E-state index is 6.13. The van der Waals surface area contributed by atoms with Gasteiger partial charge in [0.05, 0.1) is 0 Å². The third kappa shape index (κ3) is 8.89. The lowest BCUT2D eigenvalue weighted by Gasteiger charge is -2.30. The van der Waals surface area contributed by atoms with E-state index in [4.69, 9.17) is 5.14 Å². The Kier molecular flexibility index (Phi) is 7.75. The molecule has 0 aliphatic carbocycles. The normalized spacial score (nSPS) is 15.5. The molecule has 0 heterocycles. The lowest BCUT2D eigenvalue weighted by molar-refractivity contribution is 0.482. The summed E-state index contributed by atoms with van der Waals surface area (Å²) in [5.41, 5.74) is 0. The molecule has 0 rings (SSSR count). The number of rotatable bonds is 8. The van der Waals surface area contributed by atoms with Crippen LogP contribution in [-0.4, -0.2) is 18.3 Å². The molecular weight excluding hydrogens is 190 g/mol. The van der Waals surface area contributed by atoms with Crippen molar-refractivity contribution in [2.75, 3.05) is 18.3 Å². The second kappa shape index (κ2) is 7.58. The lowest BCUT2D eigenvalue weighted by Crippen LogP contribution is -2.18. The Labute approximate surface area is 92.3 Å². The summed E-state index contributed by atoms with van der Waals surface area (Å²) in [7, 11) is -0.778. The Hall–Kier alpha value is 0.310. The maximum Gasteiger partial charge on any atom is -0.00889 e. The van der Waals surface area contributed by atoms with Gasteiger partial charge in [0, 0.05) is 0 Å². The molecular formula is C12H29NS. The van der Waals surface area contributed by atoms with Gasteiger partial charge in [-0.25, -0.2) is 0 Å². The van der Waals surface area contributed by atoms with Crippen molar-refractivity contribution < 1.29 is 0 Å². The minimum atomic E-state index is -0.778. The van der Waals surface area contributed by atoms with Gasteiger partial charge in [0.25, 0.3) is 0 Å². The van der Waals surface area contributed by atoms with E-state index in [1.165, 1.54) is 44.3 Å². The first-order valence-corrected chi connectivity index (χ1v) is 8.66. The molecule has 2 N–H and O–H groups in total. The van der Waals surface area contributed by atoms with Gasteiger partial charge in [-0.15, -0.1) is 0 Å². The van der Waals surface area contributed by atoms with Crippen LogP contribution in [0.2, 0.25) is 0 Å². The summed E-state index contributed by atoms with van der Waals surface area (Å²) in [6.45, 7) is 4.57. The molecule has 0 aliphatic heterocycles. The average molecular weight is 219 g/mol. The second-order valence-corrected chi connectivity index (χ2v) is 8.49. The molecule has 1 atom stereocenters. The van der Waals surface area contributed by atoms with Crippen molar-refractivity contribution in [3.8, 4) is 0 Å². The smallest absolute Gasteiger partial charge is 0.00889 e. The highest BCUT2D eigenvalue weighted by atomic mass is 32.3. The first kappa shape index (κ1) is 14.3. The van der Waals surface area contributed by atoms with E-state index >= 15 is 0 Å². The van der Waals surface area contributed by atoms with E-state index in [2.05, 4.69) is 26.4 Å². The molecule has 0 aromatic carbocycles. The van der Waals surface area contributed by atoms with E-state index in [1.807, 2.05) is 0 Å². The predicted molar refractivity (Wildman–Crippen MR) is 71.0 cm³/mol. The first-order chi connectivity index (χ1) is 6.49. The fourth-order valence-corrected chi connectivity index (χ4v) is 3.49. The maximum absolute atomic E-state index is 6.13. The van der Waals surface area contributed by atoms with E-state index < -0.39 is 10.2 Å². The van der Waals surface area contributed by atoms with Crippen LogP contribution in [-0.2, 0) is 0 Å². The number of hydrogen-bond acceptors (Lipinski definition) is 1. The lowest BCUT2D eigenvalue weighted by atomic mass is 10.0. The van der Waals surface area contributed by atoms with Crippen molar-refractivity contribution >= 4 is 10.2 Å². The second-order valence-electron chi connectivity index (χ2n) is 4.91. The first-order valence-electron chi connectivity index (χ1n) is 5.98. The summed E-state index contributed by atoms with van der Waals surface area (Å²) in [5, 5.41) is 6.13. The molecule has 0 amide bonds. The van der Waals surface area contributed by atoms with E-state index in [9.17, 15) is 0 Å². The Bertz CT molecular complexity index is 129. The fourth-order valence-electron chi connectivity index (χ4n) is 1.87. The molecule has 0 saturated heterocycles. The SMILES string of the molecule is CCCCCCC(CC)CS(C)(C)N. The molecule has 0 aromatic heterocycles. The highest BCUT2D eigenvalue weighted by Crippen LogP contribution is 2.34. The molecule has 0 fully saturated rings. The van der Waals surface area contributed by atoms with Crippen LogP contribution in [0.3, 0.4) is 0 Å². The summed E-state index contributed by atoms with van der Waals surface area (Å²) >= 11 is 0. The predicted octanol–water partition coefficient (Wildman–Crippen LogP) is 3.92. The van der Waals surface area contributed by atoms with E-state index in [0.717, 1.165) is 5.92 Å². The quantitative estimate of drug-likeness (QED) is 0.615. The van der Waals surface area contributed by atoms with Crippen LogP contribution < -0.4 is 5.14 Å². The van der Waals surface area contributed by atoms with Gasteiger partial charge in [0.1, 0.15) is 0 Å². The van der Waals surface area contributed by atoms with Crippen LogP contribution in [0.4, 0.5) is 0 Å². The van der Waals surface area contributed by atoms with Crippen LogP contribution in [0.5, 0.6) is 0 Å². The summed E-state index contributed by atoms with van der Waals surface area (Å²) in [6.07, 6.45) is 12.7. The van der Waals surface area contributed by atoms with E-state index in [0.29, 0.717) is 0 Å². The minimum absolute atomic E-state index is 0.778. The van der Waals surface area contributed by atoms with E-state index in [1.54, 1.807) is 0 Å². The molecule has 2 heteroatoms. The fraction of sp³-hybridized carbons (Fsp3) is 1.00. The molecule has 1 nitrogen and oxygen atoms in total. The van der Waals surface area contributed by atoms with Gasteiger partial charge in [0.2, 0.25) is 0 Å². The molecule has 0 bridgehead atoms. The molecule has 0 aromatic rings. The van der Waals surface area contributed by atoms with Gasteiger partial charge in [-0.05, 0) is 30.6 Å². The largest absolute Gasteiger partial charge is 0.295 e. The molecule has 88 valence electrons. The Morgan fingerprint density at radius 2 is 1.71 bits per heavy atom. The van der Waals surface area contributed by atoms with Gasteiger partial charge >= 0.3 is 0 Å². The van der Waals surface area contributed by atoms with Gasteiger partial charge in [-0.2, -0.15) is 10.2 Å². The van der Waals surface area contributed by atoms with Crippen LogP contribution in [0.25, 0.3) is 0 Å². The molecule has 0 radical (unpaired) electrons. The summed E-state index contributed by atoms with van der Waals surface area (Å²) in [6, 6.07) is 0. The summed E-state index contributed by atoms with van der Waals surface area (Å²) in [5.74, 6) is 2.14. The minimum Gasteiger partial charge on any atom is -0.295 e. The zero-order chi connectivity index (χ0) is 11.0. The molecule has 0 spiro atoms. The van der Waals surface area contributed by atoms with Gasteiger partial charge in [-0.1, -0.05) is 46.0 Å². The van der Waals surface area contributed by atoms with Crippen molar-refractivity contribution in [2.24, 2.45) is 11.1 Å². The third-order valence-electron chi connectivity index (χ3n) is 2.71. The zero-order valence-corrected chi connectivity index (χ0v) is 11.3. The van der Waals surface area contributed by atoms with Crippen LogP contribution in [0.1, 0.15) is 52.4 Å². The van der Waals surface area contributed by atoms with Gasteiger partial charge in [0.15, 0.2) is 0 Å².